The first-order chi connectivity index (χ1) is 9.95. The van der Waals surface area contributed by atoms with Crippen LogP contribution >= 0.6 is 12.4 Å². The van der Waals surface area contributed by atoms with Gasteiger partial charge in [0.05, 0.1) is 6.54 Å². The van der Waals surface area contributed by atoms with Crippen LogP contribution in [-0.4, -0.2) is 36.5 Å². The van der Waals surface area contributed by atoms with E-state index in [0.717, 1.165) is 25.2 Å². The Labute approximate surface area is 139 Å². The Kier molecular flexibility index (Phi) is 7.33. The third-order valence-corrected chi connectivity index (χ3v) is 4.26. The number of halogens is 1. The minimum absolute atomic E-state index is 0. The molecule has 1 aromatic rings. The average molecular weight is 326 g/mol. The van der Waals surface area contributed by atoms with E-state index in [1.165, 1.54) is 5.56 Å². The van der Waals surface area contributed by atoms with Gasteiger partial charge in [0.2, 0.25) is 5.91 Å². The molecule has 124 valence electrons. The van der Waals surface area contributed by atoms with Gasteiger partial charge in [0.15, 0.2) is 0 Å². The minimum Gasteiger partial charge on any atom is -0.328 e. The van der Waals surface area contributed by atoms with Gasteiger partial charge in [-0.25, -0.2) is 0 Å². The Balaban J connectivity index is 0.00000242. The van der Waals surface area contributed by atoms with Gasteiger partial charge in [-0.3, -0.25) is 9.69 Å². The summed E-state index contributed by atoms with van der Waals surface area (Å²) in [5, 5.41) is 3.00. The molecule has 2 rings (SSSR count). The Hall–Kier alpha value is -1.10. The van der Waals surface area contributed by atoms with Gasteiger partial charge in [-0.1, -0.05) is 26.0 Å². The molecule has 5 heteroatoms. The molecule has 0 saturated carbocycles. The maximum atomic E-state index is 12.1. The second kappa shape index (κ2) is 8.51. The normalized spacial score (nSPS) is 19.8. The lowest BCUT2D eigenvalue weighted by Crippen LogP contribution is -2.34. The highest BCUT2D eigenvalue weighted by Crippen LogP contribution is 2.20. The van der Waals surface area contributed by atoms with E-state index < -0.39 is 0 Å². The molecule has 1 aliphatic heterocycles. The quantitative estimate of drug-likeness (QED) is 0.875. The zero-order valence-electron chi connectivity index (χ0n) is 13.7. The first-order valence-electron chi connectivity index (χ1n) is 7.83. The highest BCUT2D eigenvalue weighted by atomic mass is 35.5. The van der Waals surface area contributed by atoms with E-state index >= 15 is 0 Å². The van der Waals surface area contributed by atoms with Crippen molar-refractivity contribution < 1.29 is 4.79 Å². The number of carbonyl (C=O) groups is 1. The molecule has 2 atom stereocenters. The molecule has 1 amide bonds. The summed E-state index contributed by atoms with van der Waals surface area (Å²) >= 11 is 0. The third-order valence-electron chi connectivity index (χ3n) is 4.26. The van der Waals surface area contributed by atoms with Crippen LogP contribution in [0.5, 0.6) is 0 Å². The standard InChI is InChI=1S/C17H27N3O.ClH/c1-12(2)14-5-4-6-16(9-14)19-17(21)11-20-8-7-15(10-20)13(3)18;/h4-6,9,12-13,15H,7-8,10-11,18H2,1-3H3,(H,19,21);1H. The van der Waals surface area contributed by atoms with Crippen LogP contribution in [0.2, 0.25) is 0 Å². The van der Waals surface area contributed by atoms with E-state index in [1.807, 2.05) is 19.1 Å². The van der Waals surface area contributed by atoms with Crippen molar-refractivity contribution in [3.63, 3.8) is 0 Å². The molecular formula is C17H28ClN3O. The van der Waals surface area contributed by atoms with Crippen molar-refractivity contribution in [3.8, 4) is 0 Å². The Morgan fingerprint density at radius 3 is 2.73 bits per heavy atom. The lowest BCUT2D eigenvalue weighted by atomic mass is 10.0. The average Bonchev–Trinajstić information content (AvgIpc) is 2.87. The van der Waals surface area contributed by atoms with Gasteiger partial charge >= 0.3 is 0 Å². The van der Waals surface area contributed by atoms with Crippen molar-refractivity contribution in [3.05, 3.63) is 29.8 Å². The molecule has 3 N–H and O–H groups in total. The van der Waals surface area contributed by atoms with E-state index in [1.54, 1.807) is 0 Å². The van der Waals surface area contributed by atoms with Crippen molar-refractivity contribution >= 4 is 24.0 Å². The molecule has 0 aromatic heterocycles. The summed E-state index contributed by atoms with van der Waals surface area (Å²) in [6.45, 7) is 8.70. The molecule has 4 nitrogen and oxygen atoms in total. The number of amides is 1. The number of hydrogen-bond acceptors (Lipinski definition) is 3. The minimum atomic E-state index is 0. The van der Waals surface area contributed by atoms with Crippen molar-refractivity contribution in [2.45, 2.75) is 39.2 Å². The van der Waals surface area contributed by atoms with Gasteiger partial charge in [-0.05, 0) is 49.4 Å². The molecule has 1 aliphatic rings. The van der Waals surface area contributed by atoms with Crippen LogP contribution in [0.1, 0.15) is 38.7 Å². The maximum Gasteiger partial charge on any atom is 0.238 e. The van der Waals surface area contributed by atoms with Gasteiger partial charge < -0.3 is 11.1 Å². The Bertz CT molecular complexity index is 491. The number of nitrogens with two attached hydrogens (primary N) is 1. The molecule has 2 unspecified atom stereocenters. The monoisotopic (exact) mass is 325 g/mol. The molecule has 1 aromatic carbocycles. The fourth-order valence-electron chi connectivity index (χ4n) is 2.81. The number of nitrogens with zero attached hydrogens (tertiary/aromatic N) is 1. The van der Waals surface area contributed by atoms with Crippen LogP contribution in [0.4, 0.5) is 5.69 Å². The molecule has 0 spiro atoms. The van der Waals surface area contributed by atoms with Crippen molar-refractivity contribution in [1.29, 1.82) is 0 Å². The van der Waals surface area contributed by atoms with Gasteiger partial charge in [-0.2, -0.15) is 0 Å². The number of rotatable bonds is 5. The lowest BCUT2D eigenvalue weighted by molar-refractivity contribution is -0.117. The Morgan fingerprint density at radius 1 is 1.41 bits per heavy atom. The molecule has 1 fully saturated rings. The van der Waals surface area contributed by atoms with Crippen LogP contribution in [0.15, 0.2) is 24.3 Å². The highest BCUT2D eigenvalue weighted by Gasteiger charge is 2.26. The maximum absolute atomic E-state index is 12.1. The molecular weight excluding hydrogens is 298 g/mol. The summed E-state index contributed by atoms with van der Waals surface area (Å²) in [5.74, 6) is 1.04. The largest absolute Gasteiger partial charge is 0.328 e. The van der Waals surface area contributed by atoms with Crippen LogP contribution in [0.25, 0.3) is 0 Å². The molecule has 0 aliphatic carbocycles. The predicted octanol–water partition coefficient (Wildman–Crippen LogP) is 2.84. The summed E-state index contributed by atoms with van der Waals surface area (Å²) in [5.41, 5.74) is 8.06. The predicted molar refractivity (Wildman–Crippen MR) is 94.6 cm³/mol. The van der Waals surface area contributed by atoms with Crippen molar-refractivity contribution in [2.75, 3.05) is 25.0 Å². The number of nitrogens with one attached hydrogen (secondary N) is 1. The van der Waals surface area contributed by atoms with E-state index in [9.17, 15) is 4.79 Å². The molecule has 22 heavy (non-hydrogen) atoms. The first kappa shape index (κ1) is 18.9. The fourth-order valence-corrected chi connectivity index (χ4v) is 2.81. The SMILES string of the molecule is CC(C)c1cccc(NC(=O)CN2CCC(C(C)N)C2)c1.Cl. The summed E-state index contributed by atoms with van der Waals surface area (Å²) < 4.78 is 0. The van der Waals surface area contributed by atoms with Crippen LogP contribution < -0.4 is 11.1 Å². The number of hydrogen-bond donors (Lipinski definition) is 2. The summed E-state index contributed by atoms with van der Waals surface area (Å²) in [6.07, 6.45) is 1.09. The third kappa shape index (κ3) is 5.27. The molecule has 1 saturated heterocycles. The number of anilines is 1. The number of carbonyl (C=O) groups excluding carboxylic acids is 1. The molecule has 1 heterocycles. The van der Waals surface area contributed by atoms with Gasteiger partial charge in [-0.15, -0.1) is 12.4 Å². The van der Waals surface area contributed by atoms with Crippen molar-refractivity contribution in [2.24, 2.45) is 11.7 Å². The fraction of sp³-hybridized carbons (Fsp3) is 0.588. The Morgan fingerprint density at radius 2 is 2.14 bits per heavy atom. The van der Waals surface area contributed by atoms with E-state index in [2.05, 4.69) is 36.2 Å². The summed E-state index contributed by atoms with van der Waals surface area (Å²) in [7, 11) is 0. The van der Waals surface area contributed by atoms with Gasteiger partial charge in [0.25, 0.3) is 0 Å². The zero-order chi connectivity index (χ0) is 15.4. The van der Waals surface area contributed by atoms with Crippen LogP contribution in [-0.2, 0) is 4.79 Å². The van der Waals surface area contributed by atoms with E-state index in [4.69, 9.17) is 5.73 Å². The van der Waals surface area contributed by atoms with Gasteiger partial charge in [0.1, 0.15) is 0 Å². The topological polar surface area (TPSA) is 58.4 Å². The summed E-state index contributed by atoms with van der Waals surface area (Å²) in [4.78, 5) is 14.3. The van der Waals surface area contributed by atoms with Crippen molar-refractivity contribution in [1.82, 2.24) is 4.90 Å². The second-order valence-electron chi connectivity index (χ2n) is 6.47. The lowest BCUT2D eigenvalue weighted by Gasteiger charge is -2.17. The number of likely N-dealkylation sites (tertiary alicyclic amines) is 1. The van der Waals surface area contributed by atoms with Crippen LogP contribution in [0.3, 0.4) is 0 Å². The van der Waals surface area contributed by atoms with Crippen LogP contribution in [0, 0.1) is 5.92 Å². The van der Waals surface area contributed by atoms with E-state index in [0.29, 0.717) is 18.4 Å². The highest BCUT2D eigenvalue weighted by molar-refractivity contribution is 5.92. The van der Waals surface area contributed by atoms with E-state index in [-0.39, 0.29) is 24.4 Å². The smallest absolute Gasteiger partial charge is 0.238 e. The molecule has 0 radical (unpaired) electrons. The second-order valence-corrected chi connectivity index (χ2v) is 6.47. The van der Waals surface area contributed by atoms with Gasteiger partial charge in [0, 0.05) is 18.3 Å². The summed E-state index contributed by atoms with van der Waals surface area (Å²) in [6, 6.07) is 8.29. The first-order valence-corrected chi connectivity index (χ1v) is 7.83. The number of benzene rings is 1. The molecule has 0 bridgehead atoms. The zero-order valence-corrected chi connectivity index (χ0v) is 14.5.